The van der Waals surface area contributed by atoms with Gasteiger partial charge in [-0.1, -0.05) is 18.7 Å². The van der Waals surface area contributed by atoms with E-state index in [-0.39, 0.29) is 5.60 Å². The summed E-state index contributed by atoms with van der Waals surface area (Å²) in [5.41, 5.74) is 5.16. The standard InChI is InChI=1S/C16H24N4OS2/c1-4-22-15-19-13(18-7-5-6-17)12-10-8-16(2,3)21-9-11(10)23-14(12)20-15/h4-9,17H2,1-3H3,(H,18,19,20)/p+1. The van der Waals surface area contributed by atoms with Crippen molar-refractivity contribution in [3.63, 3.8) is 0 Å². The zero-order valence-electron chi connectivity index (χ0n) is 14.1. The molecule has 3 rings (SSSR count). The van der Waals surface area contributed by atoms with Gasteiger partial charge in [0.2, 0.25) is 0 Å². The van der Waals surface area contributed by atoms with E-state index in [0.29, 0.717) is 6.61 Å². The first-order chi connectivity index (χ1) is 11.0. The number of rotatable bonds is 6. The molecular weight excluding hydrogens is 328 g/mol. The van der Waals surface area contributed by atoms with Crippen molar-refractivity contribution in [2.45, 2.75) is 51.0 Å². The van der Waals surface area contributed by atoms with E-state index in [9.17, 15) is 0 Å². The third-order valence-corrected chi connectivity index (χ3v) is 5.73. The van der Waals surface area contributed by atoms with Gasteiger partial charge in [0.15, 0.2) is 5.16 Å². The van der Waals surface area contributed by atoms with Gasteiger partial charge in [0, 0.05) is 24.3 Å². The lowest BCUT2D eigenvalue weighted by Crippen LogP contribution is -2.50. The minimum Gasteiger partial charge on any atom is -0.370 e. The van der Waals surface area contributed by atoms with Crippen LogP contribution in [0.15, 0.2) is 5.16 Å². The topological polar surface area (TPSA) is 74.7 Å². The molecule has 3 heterocycles. The van der Waals surface area contributed by atoms with Crippen LogP contribution in [0.25, 0.3) is 10.2 Å². The highest BCUT2D eigenvalue weighted by molar-refractivity contribution is 7.99. The van der Waals surface area contributed by atoms with Gasteiger partial charge in [0.05, 0.1) is 24.1 Å². The number of nitrogens with zero attached hydrogens (tertiary/aromatic N) is 2. The molecule has 0 saturated heterocycles. The Morgan fingerprint density at radius 1 is 1.39 bits per heavy atom. The molecule has 0 unspecified atom stereocenters. The summed E-state index contributed by atoms with van der Waals surface area (Å²) in [5.74, 6) is 1.96. The Kier molecular flexibility index (Phi) is 5.10. The lowest BCUT2D eigenvalue weighted by Gasteiger charge is -2.30. The molecule has 2 aromatic heterocycles. The monoisotopic (exact) mass is 353 g/mol. The smallest absolute Gasteiger partial charge is 0.190 e. The van der Waals surface area contributed by atoms with E-state index in [1.165, 1.54) is 15.8 Å². The molecule has 1 aliphatic rings. The largest absolute Gasteiger partial charge is 0.370 e. The maximum atomic E-state index is 5.97. The van der Waals surface area contributed by atoms with E-state index in [1.807, 2.05) is 0 Å². The van der Waals surface area contributed by atoms with Gasteiger partial charge in [-0.3, -0.25) is 0 Å². The predicted octanol–water partition coefficient (Wildman–Crippen LogP) is 2.70. The minimum atomic E-state index is -0.123. The fraction of sp³-hybridized carbons (Fsp3) is 0.625. The molecule has 0 saturated carbocycles. The number of anilines is 1. The highest BCUT2D eigenvalue weighted by Crippen LogP contribution is 2.41. The average molecular weight is 354 g/mol. The minimum absolute atomic E-state index is 0.123. The van der Waals surface area contributed by atoms with Crippen molar-refractivity contribution in [2.24, 2.45) is 0 Å². The number of aromatic nitrogens is 2. The van der Waals surface area contributed by atoms with E-state index < -0.39 is 0 Å². The summed E-state index contributed by atoms with van der Waals surface area (Å²) in [7, 11) is 0. The number of nitrogens with one attached hydrogen (secondary N) is 1. The van der Waals surface area contributed by atoms with Crippen molar-refractivity contribution in [3.8, 4) is 0 Å². The first kappa shape index (κ1) is 17.0. The summed E-state index contributed by atoms with van der Waals surface area (Å²) >= 11 is 3.44. The first-order valence-corrected chi connectivity index (χ1v) is 9.96. The number of ether oxygens (including phenoxy) is 1. The van der Waals surface area contributed by atoms with Gasteiger partial charge in [-0.15, -0.1) is 11.3 Å². The molecule has 0 fully saturated rings. The molecule has 2 aromatic rings. The Bertz CT molecular complexity index is 699. The van der Waals surface area contributed by atoms with Crippen molar-refractivity contribution in [1.82, 2.24) is 9.97 Å². The third kappa shape index (κ3) is 3.63. The van der Waals surface area contributed by atoms with Crippen LogP contribution in [0.1, 0.15) is 37.6 Å². The van der Waals surface area contributed by atoms with Crippen LogP contribution >= 0.6 is 23.1 Å². The van der Waals surface area contributed by atoms with Crippen LogP contribution in [0, 0.1) is 0 Å². The average Bonchev–Trinajstić information content (AvgIpc) is 2.84. The van der Waals surface area contributed by atoms with Crippen LogP contribution in [0.4, 0.5) is 5.82 Å². The Balaban J connectivity index is 2.06. The second-order valence-electron chi connectivity index (χ2n) is 6.33. The quantitative estimate of drug-likeness (QED) is 0.474. The number of quaternary nitrogens is 1. The fourth-order valence-corrected chi connectivity index (χ4v) is 4.51. The SMILES string of the molecule is CCSc1nc(NCCC[NH3+])c2c3c(sc2n1)COC(C)(C)C3. The molecule has 0 amide bonds. The number of thiophene rings is 1. The number of fused-ring (bicyclic) bond motifs is 3. The molecular formula is C16H25N4OS2+. The molecule has 5 nitrogen and oxygen atoms in total. The molecule has 0 aliphatic carbocycles. The van der Waals surface area contributed by atoms with Crippen LogP contribution in [-0.4, -0.2) is 34.4 Å². The maximum Gasteiger partial charge on any atom is 0.190 e. The van der Waals surface area contributed by atoms with Crippen LogP contribution < -0.4 is 11.1 Å². The van der Waals surface area contributed by atoms with Gasteiger partial charge < -0.3 is 15.8 Å². The Morgan fingerprint density at radius 3 is 2.96 bits per heavy atom. The van der Waals surface area contributed by atoms with E-state index in [2.05, 4.69) is 31.8 Å². The Labute approximate surface area is 145 Å². The summed E-state index contributed by atoms with van der Waals surface area (Å²) in [6, 6.07) is 0. The van der Waals surface area contributed by atoms with E-state index in [0.717, 1.165) is 47.5 Å². The molecule has 0 spiro atoms. The second-order valence-corrected chi connectivity index (χ2v) is 8.65. The zero-order valence-corrected chi connectivity index (χ0v) is 15.7. The van der Waals surface area contributed by atoms with Crippen LogP contribution in [0.2, 0.25) is 0 Å². The lowest BCUT2D eigenvalue weighted by atomic mass is 9.94. The molecule has 0 atom stereocenters. The normalized spacial score (nSPS) is 16.5. The van der Waals surface area contributed by atoms with E-state index in [4.69, 9.17) is 14.7 Å². The zero-order chi connectivity index (χ0) is 16.4. The number of hydrogen-bond donors (Lipinski definition) is 2. The summed E-state index contributed by atoms with van der Waals surface area (Å²) in [5, 5.41) is 5.57. The molecule has 4 N–H and O–H groups in total. The molecule has 7 heteroatoms. The second kappa shape index (κ2) is 6.93. The van der Waals surface area contributed by atoms with Crippen LogP contribution in [-0.2, 0) is 17.8 Å². The highest BCUT2D eigenvalue weighted by Gasteiger charge is 2.31. The fourth-order valence-electron chi connectivity index (χ4n) is 2.78. The van der Waals surface area contributed by atoms with Gasteiger partial charge in [-0.2, -0.15) is 0 Å². The van der Waals surface area contributed by atoms with Crippen molar-refractivity contribution in [3.05, 3.63) is 10.4 Å². The number of hydrogen-bond acceptors (Lipinski definition) is 6. The third-order valence-electron chi connectivity index (χ3n) is 3.90. The van der Waals surface area contributed by atoms with Gasteiger partial charge in [-0.25, -0.2) is 9.97 Å². The number of thioether (sulfide) groups is 1. The van der Waals surface area contributed by atoms with Gasteiger partial charge >= 0.3 is 0 Å². The van der Waals surface area contributed by atoms with Gasteiger partial charge in [0.1, 0.15) is 10.6 Å². The summed E-state index contributed by atoms with van der Waals surface area (Å²) in [6.07, 6.45) is 1.96. The van der Waals surface area contributed by atoms with E-state index >= 15 is 0 Å². The maximum absolute atomic E-state index is 5.97. The summed E-state index contributed by atoms with van der Waals surface area (Å²) in [6.45, 7) is 8.94. The van der Waals surface area contributed by atoms with Gasteiger partial charge in [0.25, 0.3) is 0 Å². The van der Waals surface area contributed by atoms with Crippen molar-refractivity contribution < 1.29 is 10.5 Å². The Hall–Kier alpha value is -0.890. The van der Waals surface area contributed by atoms with Crippen molar-refractivity contribution in [2.75, 3.05) is 24.2 Å². The first-order valence-electron chi connectivity index (χ1n) is 8.16. The van der Waals surface area contributed by atoms with Crippen LogP contribution in [0.3, 0.4) is 0 Å². The molecule has 1 aliphatic heterocycles. The molecule has 0 bridgehead atoms. The molecule has 126 valence electrons. The van der Waals surface area contributed by atoms with Crippen molar-refractivity contribution in [1.29, 1.82) is 0 Å². The van der Waals surface area contributed by atoms with Gasteiger partial charge in [-0.05, 0) is 25.2 Å². The summed E-state index contributed by atoms with van der Waals surface area (Å²) < 4.78 is 5.97. The summed E-state index contributed by atoms with van der Waals surface area (Å²) in [4.78, 5) is 11.9. The predicted molar refractivity (Wildman–Crippen MR) is 97.2 cm³/mol. The van der Waals surface area contributed by atoms with Crippen LogP contribution in [0.5, 0.6) is 0 Å². The molecule has 23 heavy (non-hydrogen) atoms. The lowest BCUT2D eigenvalue weighted by molar-refractivity contribution is -0.367. The highest BCUT2D eigenvalue weighted by atomic mass is 32.2. The molecule has 0 radical (unpaired) electrons. The molecule has 0 aromatic carbocycles. The van der Waals surface area contributed by atoms with Crippen molar-refractivity contribution >= 4 is 39.1 Å². The van der Waals surface area contributed by atoms with E-state index in [1.54, 1.807) is 23.1 Å². The Morgan fingerprint density at radius 2 is 2.22 bits per heavy atom.